The van der Waals surface area contributed by atoms with Crippen LogP contribution in [0.5, 0.6) is 5.75 Å². The van der Waals surface area contributed by atoms with Gasteiger partial charge in [0.05, 0.1) is 16.8 Å². The number of ether oxygens (including phenoxy) is 1. The van der Waals surface area contributed by atoms with E-state index in [-0.39, 0.29) is 0 Å². The Labute approximate surface area is 142 Å². The van der Waals surface area contributed by atoms with Crippen LogP contribution in [0.4, 0.5) is 0 Å². The highest BCUT2D eigenvalue weighted by Gasteiger charge is 2.52. The van der Waals surface area contributed by atoms with Crippen LogP contribution in [0.15, 0.2) is 54.6 Å². The predicted molar refractivity (Wildman–Crippen MR) is 93.6 cm³/mol. The molecule has 0 radical (unpaired) electrons. The molecule has 124 valence electrons. The summed E-state index contributed by atoms with van der Waals surface area (Å²) in [5, 5.41) is 0. The van der Waals surface area contributed by atoms with Gasteiger partial charge in [0.1, 0.15) is 5.75 Å². The average Bonchev–Trinajstić information content (AvgIpc) is 2.76. The fraction of sp³-hybridized carbons (Fsp3) is 0.316. The molecule has 4 nitrogen and oxygen atoms in total. The molecule has 5 heteroatoms. The lowest BCUT2D eigenvalue weighted by Gasteiger charge is -2.32. The molecule has 1 fully saturated rings. The van der Waals surface area contributed by atoms with Gasteiger partial charge in [0.25, 0.3) is 0 Å². The van der Waals surface area contributed by atoms with Crippen LogP contribution in [0.3, 0.4) is 0 Å². The minimum Gasteiger partial charge on any atom is -0.423 e. The van der Waals surface area contributed by atoms with Crippen molar-refractivity contribution in [2.24, 2.45) is 0 Å². The average molecular weight is 324 g/mol. The van der Waals surface area contributed by atoms with E-state index in [0.717, 1.165) is 0 Å². The molecule has 0 aromatic heterocycles. The number of rotatable bonds is 3. The molecule has 3 rings (SSSR count). The van der Waals surface area contributed by atoms with Gasteiger partial charge in [-0.15, -0.1) is 0 Å². The molecule has 0 atom stereocenters. The third-order valence-electron chi connectivity index (χ3n) is 4.64. The van der Waals surface area contributed by atoms with Gasteiger partial charge in [-0.3, -0.25) is 0 Å². The second kappa shape index (κ2) is 6.08. The second-order valence-corrected chi connectivity index (χ2v) is 6.88. The molecule has 1 heterocycles. The molecule has 0 bridgehead atoms. The monoisotopic (exact) mass is 324 g/mol. The van der Waals surface area contributed by atoms with Crippen LogP contribution in [0, 0.1) is 0 Å². The van der Waals surface area contributed by atoms with E-state index in [4.69, 9.17) is 14.0 Å². The molecule has 0 saturated carbocycles. The van der Waals surface area contributed by atoms with E-state index in [1.54, 1.807) is 30.3 Å². The SMILES string of the molecule is CC1(C)OB(c2ccccc2OC(=O)c2ccccc2)OC1(C)C. The van der Waals surface area contributed by atoms with Crippen LogP contribution in [0.25, 0.3) is 0 Å². The maximum Gasteiger partial charge on any atom is 0.498 e. The molecule has 24 heavy (non-hydrogen) atoms. The molecule has 2 aromatic rings. The molecule has 0 unspecified atom stereocenters. The van der Waals surface area contributed by atoms with E-state index in [9.17, 15) is 4.79 Å². The molecule has 0 amide bonds. The fourth-order valence-corrected chi connectivity index (χ4v) is 2.47. The van der Waals surface area contributed by atoms with E-state index < -0.39 is 24.3 Å². The Morgan fingerprint density at radius 1 is 0.875 bits per heavy atom. The predicted octanol–water partition coefficient (Wildman–Crippen LogP) is 3.21. The Morgan fingerprint density at radius 3 is 2.04 bits per heavy atom. The molecule has 1 aliphatic heterocycles. The number of benzene rings is 2. The van der Waals surface area contributed by atoms with Gasteiger partial charge >= 0.3 is 13.1 Å². The summed E-state index contributed by atoms with van der Waals surface area (Å²) in [5.41, 5.74) is 0.310. The summed E-state index contributed by atoms with van der Waals surface area (Å²) in [6, 6.07) is 16.2. The summed E-state index contributed by atoms with van der Waals surface area (Å²) in [6.07, 6.45) is 0. The quantitative estimate of drug-likeness (QED) is 0.494. The Hall–Kier alpha value is -2.11. The molecule has 0 N–H and O–H groups in total. The van der Waals surface area contributed by atoms with Crippen molar-refractivity contribution in [3.05, 3.63) is 60.2 Å². The van der Waals surface area contributed by atoms with Crippen LogP contribution in [0.1, 0.15) is 38.1 Å². The first kappa shape index (κ1) is 16.7. The zero-order valence-electron chi connectivity index (χ0n) is 14.4. The molecule has 1 aliphatic rings. The van der Waals surface area contributed by atoms with Gasteiger partial charge in [0.15, 0.2) is 0 Å². The molecule has 2 aromatic carbocycles. The van der Waals surface area contributed by atoms with Gasteiger partial charge in [-0.2, -0.15) is 0 Å². The van der Waals surface area contributed by atoms with Crippen LogP contribution in [-0.2, 0) is 9.31 Å². The number of esters is 1. The standard InChI is InChI=1S/C19H21BO4/c1-18(2)19(3,4)24-20(23-18)15-12-8-9-13-16(15)22-17(21)14-10-6-5-7-11-14/h5-13H,1-4H3. The second-order valence-electron chi connectivity index (χ2n) is 6.88. The maximum absolute atomic E-state index is 12.3. The summed E-state index contributed by atoms with van der Waals surface area (Å²) in [6.45, 7) is 7.97. The molecular weight excluding hydrogens is 303 g/mol. The smallest absolute Gasteiger partial charge is 0.423 e. The number of para-hydroxylation sites is 1. The molecular formula is C19H21BO4. The Bertz CT molecular complexity index is 724. The van der Waals surface area contributed by atoms with Crippen LogP contribution in [0.2, 0.25) is 0 Å². The van der Waals surface area contributed by atoms with Crippen molar-refractivity contribution in [2.45, 2.75) is 38.9 Å². The van der Waals surface area contributed by atoms with Gasteiger partial charge in [-0.25, -0.2) is 4.79 Å². The fourth-order valence-electron chi connectivity index (χ4n) is 2.47. The maximum atomic E-state index is 12.3. The number of hydrogen-bond donors (Lipinski definition) is 0. The van der Waals surface area contributed by atoms with Crippen LogP contribution >= 0.6 is 0 Å². The van der Waals surface area contributed by atoms with Crippen LogP contribution < -0.4 is 10.2 Å². The first-order valence-corrected chi connectivity index (χ1v) is 8.02. The first-order valence-electron chi connectivity index (χ1n) is 8.02. The van der Waals surface area contributed by atoms with Gasteiger partial charge in [-0.1, -0.05) is 36.4 Å². The van der Waals surface area contributed by atoms with Crippen molar-refractivity contribution in [2.75, 3.05) is 0 Å². The topological polar surface area (TPSA) is 44.8 Å². The number of hydrogen-bond acceptors (Lipinski definition) is 4. The van der Waals surface area contributed by atoms with Gasteiger partial charge < -0.3 is 14.0 Å². The van der Waals surface area contributed by atoms with E-state index >= 15 is 0 Å². The number of carbonyl (C=O) groups is 1. The molecule has 0 aliphatic carbocycles. The van der Waals surface area contributed by atoms with Crippen molar-refractivity contribution in [1.29, 1.82) is 0 Å². The van der Waals surface area contributed by atoms with Gasteiger partial charge in [0, 0.05) is 5.46 Å². The van der Waals surface area contributed by atoms with Gasteiger partial charge in [-0.05, 0) is 45.9 Å². The summed E-state index contributed by atoms with van der Waals surface area (Å²) in [7, 11) is -0.574. The molecule has 0 spiro atoms. The normalized spacial score (nSPS) is 18.4. The summed E-state index contributed by atoms with van der Waals surface area (Å²) < 4.78 is 17.7. The third-order valence-corrected chi connectivity index (χ3v) is 4.64. The van der Waals surface area contributed by atoms with E-state index in [2.05, 4.69) is 0 Å². The van der Waals surface area contributed by atoms with Gasteiger partial charge in [0.2, 0.25) is 0 Å². The summed E-state index contributed by atoms with van der Waals surface area (Å²) in [4.78, 5) is 12.3. The Kier molecular flexibility index (Phi) is 4.24. The van der Waals surface area contributed by atoms with Crippen molar-refractivity contribution < 1.29 is 18.8 Å². The van der Waals surface area contributed by atoms with Crippen LogP contribution in [-0.4, -0.2) is 24.3 Å². The summed E-state index contributed by atoms with van der Waals surface area (Å²) in [5.74, 6) is 0.0458. The minimum atomic E-state index is -0.574. The molecule has 1 saturated heterocycles. The lowest BCUT2D eigenvalue weighted by molar-refractivity contribution is 0.00578. The Balaban J connectivity index is 1.86. The van der Waals surface area contributed by atoms with Crippen molar-refractivity contribution in [3.63, 3.8) is 0 Å². The first-order chi connectivity index (χ1) is 11.3. The third kappa shape index (κ3) is 3.10. The van der Waals surface area contributed by atoms with E-state index in [1.807, 2.05) is 52.0 Å². The summed E-state index contributed by atoms with van der Waals surface area (Å²) >= 11 is 0. The lowest BCUT2D eigenvalue weighted by Crippen LogP contribution is -2.41. The highest BCUT2D eigenvalue weighted by atomic mass is 16.7. The number of carbonyl (C=O) groups excluding carboxylic acids is 1. The zero-order valence-corrected chi connectivity index (χ0v) is 14.4. The largest absolute Gasteiger partial charge is 0.498 e. The lowest BCUT2D eigenvalue weighted by atomic mass is 9.78. The highest BCUT2D eigenvalue weighted by molar-refractivity contribution is 6.63. The zero-order chi connectivity index (χ0) is 17.4. The highest BCUT2D eigenvalue weighted by Crippen LogP contribution is 2.37. The Morgan fingerprint density at radius 2 is 1.42 bits per heavy atom. The van der Waals surface area contributed by atoms with E-state index in [1.165, 1.54) is 0 Å². The van der Waals surface area contributed by atoms with E-state index in [0.29, 0.717) is 16.8 Å². The van der Waals surface area contributed by atoms with Crippen molar-refractivity contribution in [3.8, 4) is 5.75 Å². The minimum absolute atomic E-state index is 0.403. The van der Waals surface area contributed by atoms with Crippen molar-refractivity contribution >= 4 is 18.6 Å². The van der Waals surface area contributed by atoms with Crippen molar-refractivity contribution in [1.82, 2.24) is 0 Å².